The first kappa shape index (κ1) is 16.6. The zero-order valence-electron chi connectivity index (χ0n) is 13.9. The Morgan fingerprint density at radius 2 is 1.12 bits per heavy atom. The molecule has 0 N–H and O–H groups in total. The molecule has 3 aromatic carbocycles. The lowest BCUT2D eigenvalue weighted by Crippen LogP contribution is -2.43. The van der Waals surface area contributed by atoms with Crippen LogP contribution in [0, 0.1) is 0 Å². The zero-order chi connectivity index (χ0) is 17.5. The maximum Gasteiger partial charge on any atom is 0.321 e. The summed E-state index contributed by atoms with van der Waals surface area (Å²) >= 11 is 0. The molecule has 0 unspecified atom stereocenters. The quantitative estimate of drug-likeness (QED) is 0.637. The fourth-order valence-electron chi connectivity index (χ4n) is 2.31. The van der Waals surface area contributed by atoms with Crippen LogP contribution in [0.15, 0.2) is 91.0 Å². The molecule has 0 radical (unpaired) electrons. The van der Waals surface area contributed by atoms with E-state index in [-0.39, 0.29) is 5.91 Å². The van der Waals surface area contributed by atoms with Crippen LogP contribution >= 0.6 is 0 Å². The van der Waals surface area contributed by atoms with Crippen molar-refractivity contribution in [1.29, 1.82) is 0 Å². The summed E-state index contributed by atoms with van der Waals surface area (Å²) in [6.07, 6.45) is -1.09. The monoisotopic (exact) mass is 333 g/mol. The van der Waals surface area contributed by atoms with Crippen LogP contribution < -0.4 is 14.4 Å². The molecule has 126 valence electrons. The highest BCUT2D eigenvalue weighted by Crippen LogP contribution is 2.19. The second-order valence-electron chi connectivity index (χ2n) is 5.43. The molecule has 1 amide bonds. The first-order valence-electron chi connectivity index (χ1n) is 8.00. The molecule has 0 aliphatic carbocycles. The minimum Gasteiger partial charge on any atom is -0.446 e. The van der Waals surface area contributed by atoms with Gasteiger partial charge < -0.3 is 14.4 Å². The molecule has 0 aromatic heterocycles. The van der Waals surface area contributed by atoms with Gasteiger partial charge in [-0.05, 0) is 36.4 Å². The highest BCUT2D eigenvalue weighted by molar-refractivity contribution is 5.95. The van der Waals surface area contributed by atoms with E-state index in [2.05, 4.69) is 0 Å². The van der Waals surface area contributed by atoms with Gasteiger partial charge in [0.2, 0.25) is 0 Å². The molecule has 4 nitrogen and oxygen atoms in total. The average Bonchev–Trinajstić information content (AvgIpc) is 2.68. The summed E-state index contributed by atoms with van der Waals surface area (Å²) in [6.45, 7) is 0. The second kappa shape index (κ2) is 8.02. The Hall–Kier alpha value is -3.27. The zero-order valence-corrected chi connectivity index (χ0v) is 13.9. The van der Waals surface area contributed by atoms with Gasteiger partial charge in [-0.1, -0.05) is 54.6 Å². The standard InChI is InChI=1S/C21H19NO3/c1-22(17-11-5-2-6-12-17)20(23)21(24-18-13-7-3-8-14-18)25-19-15-9-4-10-16-19/h2-16,21H,1H3. The number of likely N-dealkylation sites (N-methyl/N-ethyl adjacent to an activating group) is 1. The number of carbonyl (C=O) groups excluding carboxylic acids is 1. The Morgan fingerprint density at radius 1 is 0.720 bits per heavy atom. The molecule has 0 bridgehead atoms. The minimum absolute atomic E-state index is 0.293. The summed E-state index contributed by atoms with van der Waals surface area (Å²) in [7, 11) is 1.70. The van der Waals surface area contributed by atoms with Gasteiger partial charge in [-0.3, -0.25) is 4.79 Å². The van der Waals surface area contributed by atoms with E-state index < -0.39 is 6.29 Å². The van der Waals surface area contributed by atoms with Crippen LogP contribution in [0.25, 0.3) is 0 Å². The molecule has 0 heterocycles. The Balaban J connectivity index is 1.83. The molecule has 0 atom stereocenters. The summed E-state index contributed by atoms with van der Waals surface area (Å²) in [5, 5.41) is 0. The van der Waals surface area contributed by atoms with Gasteiger partial charge in [0, 0.05) is 12.7 Å². The molecule has 0 aliphatic heterocycles. The normalized spacial score (nSPS) is 10.3. The van der Waals surface area contributed by atoms with Gasteiger partial charge in [-0.15, -0.1) is 0 Å². The van der Waals surface area contributed by atoms with Crippen molar-refractivity contribution in [2.75, 3.05) is 11.9 Å². The molecule has 25 heavy (non-hydrogen) atoms. The summed E-state index contributed by atoms with van der Waals surface area (Å²) in [6, 6.07) is 27.7. The van der Waals surface area contributed by atoms with Crippen molar-refractivity contribution in [3.63, 3.8) is 0 Å². The first-order chi connectivity index (χ1) is 12.2. The predicted molar refractivity (Wildman–Crippen MR) is 97.8 cm³/mol. The number of benzene rings is 3. The number of carbonyl (C=O) groups is 1. The van der Waals surface area contributed by atoms with E-state index >= 15 is 0 Å². The van der Waals surface area contributed by atoms with Crippen molar-refractivity contribution in [2.45, 2.75) is 6.29 Å². The van der Waals surface area contributed by atoms with E-state index in [4.69, 9.17) is 9.47 Å². The van der Waals surface area contributed by atoms with Crippen molar-refractivity contribution in [1.82, 2.24) is 0 Å². The highest BCUT2D eigenvalue weighted by atomic mass is 16.7. The number of nitrogens with zero attached hydrogens (tertiary/aromatic N) is 1. The molecule has 4 heteroatoms. The largest absolute Gasteiger partial charge is 0.446 e. The van der Waals surface area contributed by atoms with Crippen LogP contribution in [0.1, 0.15) is 0 Å². The van der Waals surface area contributed by atoms with E-state index in [1.54, 1.807) is 31.3 Å². The first-order valence-corrected chi connectivity index (χ1v) is 8.00. The number of anilines is 1. The Kier molecular flexibility index (Phi) is 5.32. The second-order valence-corrected chi connectivity index (χ2v) is 5.43. The number of ether oxygens (including phenoxy) is 2. The van der Waals surface area contributed by atoms with Gasteiger partial charge >= 0.3 is 12.2 Å². The van der Waals surface area contributed by atoms with Crippen molar-refractivity contribution in [3.05, 3.63) is 91.0 Å². The predicted octanol–water partition coefficient (Wildman–Crippen LogP) is 4.13. The van der Waals surface area contributed by atoms with E-state index in [0.29, 0.717) is 11.5 Å². The summed E-state index contributed by atoms with van der Waals surface area (Å²) in [5.74, 6) is 0.843. The van der Waals surface area contributed by atoms with Gasteiger partial charge in [-0.25, -0.2) is 0 Å². The van der Waals surface area contributed by atoms with Crippen LogP contribution in [0.5, 0.6) is 11.5 Å². The van der Waals surface area contributed by atoms with Crippen LogP contribution in [0.3, 0.4) is 0 Å². The lowest BCUT2D eigenvalue weighted by molar-refractivity contribution is -0.137. The van der Waals surface area contributed by atoms with Gasteiger partial charge in [0.05, 0.1) is 0 Å². The maximum atomic E-state index is 12.9. The van der Waals surface area contributed by atoms with Crippen LogP contribution in [0.2, 0.25) is 0 Å². The number of rotatable bonds is 6. The topological polar surface area (TPSA) is 38.8 Å². The van der Waals surface area contributed by atoms with Crippen molar-refractivity contribution < 1.29 is 14.3 Å². The average molecular weight is 333 g/mol. The molecular formula is C21H19NO3. The van der Waals surface area contributed by atoms with Gasteiger partial charge in [0.25, 0.3) is 0 Å². The molecule has 0 saturated heterocycles. The summed E-state index contributed by atoms with van der Waals surface area (Å²) in [5.41, 5.74) is 0.769. The Labute approximate surface area is 147 Å². The van der Waals surface area contributed by atoms with Crippen LogP contribution in [-0.2, 0) is 4.79 Å². The van der Waals surface area contributed by atoms with Crippen LogP contribution in [0.4, 0.5) is 5.69 Å². The fraction of sp³-hybridized carbons (Fsp3) is 0.0952. The maximum absolute atomic E-state index is 12.9. The third kappa shape index (κ3) is 4.38. The third-order valence-electron chi connectivity index (χ3n) is 3.65. The molecule has 0 spiro atoms. The lowest BCUT2D eigenvalue weighted by atomic mass is 10.3. The SMILES string of the molecule is CN(C(=O)C(Oc1ccccc1)Oc1ccccc1)c1ccccc1. The molecule has 3 rings (SSSR count). The molecule has 0 fully saturated rings. The minimum atomic E-state index is -1.09. The van der Waals surface area contributed by atoms with E-state index in [1.807, 2.05) is 66.7 Å². The van der Waals surface area contributed by atoms with Gasteiger partial charge in [-0.2, -0.15) is 0 Å². The molecular weight excluding hydrogens is 314 g/mol. The fourth-order valence-corrected chi connectivity index (χ4v) is 2.31. The van der Waals surface area contributed by atoms with E-state index in [0.717, 1.165) is 5.69 Å². The van der Waals surface area contributed by atoms with Crippen molar-refractivity contribution >= 4 is 11.6 Å². The van der Waals surface area contributed by atoms with E-state index in [1.165, 1.54) is 4.90 Å². The van der Waals surface area contributed by atoms with E-state index in [9.17, 15) is 4.79 Å². The number of amides is 1. The van der Waals surface area contributed by atoms with Gasteiger partial charge in [0.1, 0.15) is 11.5 Å². The smallest absolute Gasteiger partial charge is 0.321 e. The molecule has 0 saturated carbocycles. The van der Waals surface area contributed by atoms with Gasteiger partial charge in [0.15, 0.2) is 0 Å². The summed E-state index contributed by atoms with van der Waals surface area (Å²) < 4.78 is 11.6. The Morgan fingerprint density at radius 3 is 1.56 bits per heavy atom. The molecule has 3 aromatic rings. The Bertz CT molecular complexity index is 750. The number of hydrogen-bond acceptors (Lipinski definition) is 3. The van der Waals surface area contributed by atoms with Crippen LogP contribution in [-0.4, -0.2) is 19.2 Å². The number of hydrogen-bond donors (Lipinski definition) is 0. The molecule has 0 aliphatic rings. The summed E-state index contributed by atoms with van der Waals surface area (Å²) in [4.78, 5) is 14.5. The lowest BCUT2D eigenvalue weighted by Gasteiger charge is -2.25. The third-order valence-corrected chi connectivity index (χ3v) is 3.65. The highest BCUT2D eigenvalue weighted by Gasteiger charge is 2.27. The van der Waals surface area contributed by atoms with Crippen molar-refractivity contribution in [2.24, 2.45) is 0 Å². The van der Waals surface area contributed by atoms with Crippen molar-refractivity contribution in [3.8, 4) is 11.5 Å². The number of para-hydroxylation sites is 3.